The van der Waals surface area contributed by atoms with E-state index >= 15 is 0 Å². The molecule has 1 amide bonds. The van der Waals surface area contributed by atoms with Crippen LogP contribution >= 0.6 is 0 Å². The van der Waals surface area contributed by atoms with Crippen LogP contribution in [0.2, 0.25) is 0 Å². The molecular weight excluding hydrogens is 238 g/mol. The van der Waals surface area contributed by atoms with Gasteiger partial charge in [-0.15, -0.1) is 0 Å². The van der Waals surface area contributed by atoms with E-state index in [0.29, 0.717) is 5.92 Å². The molecule has 1 saturated carbocycles. The molecule has 1 saturated heterocycles. The lowest BCUT2D eigenvalue weighted by molar-refractivity contribution is -0.124. The molecule has 1 heterocycles. The van der Waals surface area contributed by atoms with Gasteiger partial charge < -0.3 is 5.32 Å². The normalized spacial score (nSPS) is 35.4. The third-order valence-electron chi connectivity index (χ3n) is 4.13. The van der Waals surface area contributed by atoms with Gasteiger partial charge in [-0.25, -0.2) is 8.78 Å². The Hall–Kier alpha value is -0.710. The number of alkyl halides is 2. The fourth-order valence-electron chi connectivity index (χ4n) is 3.00. The highest BCUT2D eigenvalue weighted by molar-refractivity contribution is 5.82. The van der Waals surface area contributed by atoms with Crippen LogP contribution < -0.4 is 10.6 Å². The minimum atomic E-state index is -2.74. The average molecular weight is 260 g/mol. The highest BCUT2D eigenvalue weighted by Crippen LogP contribution is 2.28. The van der Waals surface area contributed by atoms with E-state index in [1.54, 1.807) is 0 Å². The Morgan fingerprint density at radius 3 is 2.83 bits per heavy atom. The maximum atomic E-state index is 13.0. The molecule has 0 radical (unpaired) electrons. The molecule has 3 atom stereocenters. The molecule has 0 bridgehead atoms. The van der Waals surface area contributed by atoms with E-state index in [9.17, 15) is 13.6 Å². The molecule has 1 aliphatic carbocycles. The summed E-state index contributed by atoms with van der Waals surface area (Å²) in [5.41, 5.74) is 0. The molecule has 3 nitrogen and oxygen atoms in total. The van der Waals surface area contributed by atoms with E-state index in [-0.39, 0.29) is 24.9 Å². The number of hydrogen-bond acceptors (Lipinski definition) is 2. The summed E-state index contributed by atoms with van der Waals surface area (Å²) in [5, 5.41) is 5.53. The first-order valence-corrected chi connectivity index (χ1v) is 6.92. The smallest absolute Gasteiger partial charge is 0.262 e. The van der Waals surface area contributed by atoms with E-state index in [2.05, 4.69) is 17.6 Å². The van der Waals surface area contributed by atoms with Gasteiger partial charge in [0.05, 0.1) is 12.6 Å². The molecular formula is C13H22F2N2O. The molecule has 0 aromatic heterocycles. The average Bonchev–Trinajstić information content (AvgIpc) is 2.70. The van der Waals surface area contributed by atoms with Crippen LogP contribution in [-0.2, 0) is 4.79 Å². The number of halogens is 2. The van der Waals surface area contributed by atoms with Crippen molar-refractivity contribution in [2.45, 2.75) is 63.5 Å². The fourth-order valence-corrected chi connectivity index (χ4v) is 3.00. The zero-order valence-electron chi connectivity index (χ0n) is 10.8. The number of amides is 1. The second kappa shape index (κ2) is 5.51. The molecule has 5 heteroatoms. The van der Waals surface area contributed by atoms with Crippen molar-refractivity contribution in [2.75, 3.05) is 6.54 Å². The highest BCUT2D eigenvalue weighted by atomic mass is 19.3. The van der Waals surface area contributed by atoms with Crippen LogP contribution in [-0.4, -0.2) is 30.5 Å². The topological polar surface area (TPSA) is 41.1 Å². The standard InChI is InChI=1S/C13H22F2N2O/c1-2-9-4-3-5-10(6-9)17-12(18)11-7-13(14,15)8-16-11/h9-11,16H,2-8H2,1H3,(H,17,18). The van der Waals surface area contributed by atoms with Crippen molar-refractivity contribution in [2.24, 2.45) is 5.92 Å². The minimum Gasteiger partial charge on any atom is -0.352 e. The van der Waals surface area contributed by atoms with Gasteiger partial charge in [-0.3, -0.25) is 10.1 Å². The first-order chi connectivity index (χ1) is 8.50. The Morgan fingerprint density at radius 1 is 1.44 bits per heavy atom. The van der Waals surface area contributed by atoms with E-state index in [0.717, 1.165) is 25.7 Å². The zero-order chi connectivity index (χ0) is 13.2. The summed E-state index contributed by atoms with van der Waals surface area (Å²) < 4.78 is 26.0. The van der Waals surface area contributed by atoms with Crippen LogP contribution in [0.3, 0.4) is 0 Å². The Kier molecular flexibility index (Phi) is 4.20. The lowest BCUT2D eigenvalue weighted by Crippen LogP contribution is -2.46. The Balaban J connectivity index is 1.81. The quantitative estimate of drug-likeness (QED) is 0.815. The van der Waals surface area contributed by atoms with Crippen LogP contribution in [0.5, 0.6) is 0 Å². The van der Waals surface area contributed by atoms with Gasteiger partial charge in [0, 0.05) is 12.5 Å². The molecule has 2 rings (SSSR count). The molecule has 1 aliphatic heterocycles. The molecule has 18 heavy (non-hydrogen) atoms. The summed E-state index contributed by atoms with van der Waals surface area (Å²) >= 11 is 0. The van der Waals surface area contributed by atoms with Crippen molar-refractivity contribution >= 4 is 5.91 Å². The van der Waals surface area contributed by atoms with Gasteiger partial charge in [0.2, 0.25) is 5.91 Å². The summed E-state index contributed by atoms with van der Waals surface area (Å²) in [4.78, 5) is 11.9. The van der Waals surface area contributed by atoms with Crippen molar-refractivity contribution in [1.82, 2.24) is 10.6 Å². The van der Waals surface area contributed by atoms with Gasteiger partial charge in [0.25, 0.3) is 5.92 Å². The lowest BCUT2D eigenvalue weighted by atomic mass is 9.84. The molecule has 104 valence electrons. The molecule has 2 N–H and O–H groups in total. The third-order valence-corrected chi connectivity index (χ3v) is 4.13. The van der Waals surface area contributed by atoms with E-state index in [1.165, 1.54) is 6.42 Å². The van der Waals surface area contributed by atoms with Crippen molar-refractivity contribution in [3.63, 3.8) is 0 Å². The largest absolute Gasteiger partial charge is 0.352 e. The number of carbonyl (C=O) groups excluding carboxylic acids is 1. The van der Waals surface area contributed by atoms with E-state index in [4.69, 9.17) is 0 Å². The SMILES string of the molecule is CCC1CCCC(NC(=O)C2CC(F)(F)CN2)C1. The fraction of sp³-hybridized carbons (Fsp3) is 0.923. The Bertz CT molecular complexity index is 309. The Labute approximate surface area is 107 Å². The van der Waals surface area contributed by atoms with Crippen molar-refractivity contribution in [3.8, 4) is 0 Å². The van der Waals surface area contributed by atoms with Crippen molar-refractivity contribution in [1.29, 1.82) is 0 Å². The summed E-state index contributed by atoms with van der Waals surface area (Å²) in [6.45, 7) is 1.78. The van der Waals surface area contributed by atoms with Gasteiger partial charge in [-0.2, -0.15) is 0 Å². The third kappa shape index (κ3) is 3.40. The summed E-state index contributed by atoms with van der Waals surface area (Å²) in [7, 11) is 0. The van der Waals surface area contributed by atoms with Crippen molar-refractivity contribution in [3.05, 3.63) is 0 Å². The molecule has 0 aromatic carbocycles. The van der Waals surface area contributed by atoms with Crippen LogP contribution in [0.1, 0.15) is 45.4 Å². The summed E-state index contributed by atoms with van der Waals surface area (Å²) in [5.74, 6) is -2.32. The summed E-state index contributed by atoms with van der Waals surface area (Å²) in [6.07, 6.45) is 5.08. The zero-order valence-corrected chi connectivity index (χ0v) is 10.8. The lowest BCUT2D eigenvalue weighted by Gasteiger charge is -2.29. The van der Waals surface area contributed by atoms with Gasteiger partial charge in [0.15, 0.2) is 0 Å². The number of rotatable bonds is 3. The van der Waals surface area contributed by atoms with Crippen LogP contribution in [0.15, 0.2) is 0 Å². The Morgan fingerprint density at radius 2 is 2.22 bits per heavy atom. The second-order valence-corrected chi connectivity index (χ2v) is 5.64. The molecule has 2 aliphatic rings. The van der Waals surface area contributed by atoms with Crippen LogP contribution in [0, 0.1) is 5.92 Å². The first kappa shape index (κ1) is 13.7. The monoisotopic (exact) mass is 260 g/mol. The first-order valence-electron chi connectivity index (χ1n) is 6.92. The van der Waals surface area contributed by atoms with Gasteiger partial charge >= 0.3 is 0 Å². The predicted molar refractivity (Wildman–Crippen MR) is 65.5 cm³/mol. The highest BCUT2D eigenvalue weighted by Gasteiger charge is 2.42. The summed E-state index contributed by atoms with van der Waals surface area (Å²) in [6, 6.07) is -0.547. The molecule has 0 aromatic rings. The number of hydrogen-bond donors (Lipinski definition) is 2. The van der Waals surface area contributed by atoms with Crippen LogP contribution in [0.25, 0.3) is 0 Å². The number of carbonyl (C=O) groups is 1. The molecule has 2 fully saturated rings. The van der Waals surface area contributed by atoms with Gasteiger partial charge in [-0.05, 0) is 18.8 Å². The van der Waals surface area contributed by atoms with Crippen molar-refractivity contribution < 1.29 is 13.6 Å². The molecule has 3 unspecified atom stereocenters. The number of nitrogens with one attached hydrogen (secondary N) is 2. The minimum absolute atomic E-state index is 0.173. The maximum Gasteiger partial charge on any atom is 0.262 e. The predicted octanol–water partition coefficient (Wildman–Crippen LogP) is 2.07. The van der Waals surface area contributed by atoms with Gasteiger partial charge in [0.1, 0.15) is 0 Å². The van der Waals surface area contributed by atoms with E-state index in [1.807, 2.05) is 0 Å². The maximum absolute atomic E-state index is 13.0. The second-order valence-electron chi connectivity index (χ2n) is 5.64. The molecule has 0 spiro atoms. The van der Waals surface area contributed by atoms with E-state index < -0.39 is 12.0 Å². The van der Waals surface area contributed by atoms with Crippen LogP contribution in [0.4, 0.5) is 8.78 Å². The van der Waals surface area contributed by atoms with Gasteiger partial charge in [-0.1, -0.05) is 26.2 Å².